The SMILES string of the molecule is CCOc1ccc(CNC(=O)[C@@H](C)Oc2cccc3c2CCCC3)cc1OCC. The molecule has 0 radical (unpaired) electrons. The van der Waals surface area contributed by atoms with E-state index in [0.717, 1.165) is 29.9 Å². The molecule has 1 aliphatic rings. The molecule has 0 heterocycles. The Balaban J connectivity index is 1.60. The van der Waals surface area contributed by atoms with Crippen molar-refractivity contribution in [1.29, 1.82) is 0 Å². The molecule has 3 rings (SSSR count). The summed E-state index contributed by atoms with van der Waals surface area (Å²) in [7, 11) is 0. The van der Waals surface area contributed by atoms with Crippen molar-refractivity contribution in [3.63, 3.8) is 0 Å². The van der Waals surface area contributed by atoms with Gasteiger partial charge in [-0.2, -0.15) is 0 Å². The molecule has 0 spiro atoms. The Bertz CT molecular complexity index is 834. The van der Waals surface area contributed by atoms with E-state index in [-0.39, 0.29) is 5.91 Å². The number of carbonyl (C=O) groups is 1. The second-order valence-electron chi connectivity index (χ2n) is 7.23. The van der Waals surface area contributed by atoms with E-state index in [1.807, 2.05) is 44.2 Å². The van der Waals surface area contributed by atoms with Gasteiger partial charge in [0.1, 0.15) is 5.75 Å². The zero-order valence-corrected chi connectivity index (χ0v) is 17.6. The van der Waals surface area contributed by atoms with Crippen LogP contribution in [0.15, 0.2) is 36.4 Å². The molecule has 0 unspecified atom stereocenters. The maximum atomic E-state index is 12.6. The fourth-order valence-corrected chi connectivity index (χ4v) is 3.64. The third-order valence-corrected chi connectivity index (χ3v) is 5.10. The maximum Gasteiger partial charge on any atom is 0.261 e. The van der Waals surface area contributed by atoms with Crippen LogP contribution in [0.2, 0.25) is 0 Å². The van der Waals surface area contributed by atoms with Crippen LogP contribution in [-0.2, 0) is 24.2 Å². The second-order valence-corrected chi connectivity index (χ2v) is 7.23. The van der Waals surface area contributed by atoms with Crippen LogP contribution in [0.25, 0.3) is 0 Å². The number of benzene rings is 2. The molecular weight excluding hydrogens is 366 g/mol. The third kappa shape index (κ3) is 5.43. The van der Waals surface area contributed by atoms with Crippen LogP contribution >= 0.6 is 0 Å². The summed E-state index contributed by atoms with van der Waals surface area (Å²) in [5.41, 5.74) is 3.56. The standard InChI is InChI=1S/C24H31NO4/c1-4-27-22-14-13-18(15-23(22)28-5-2)16-25-24(26)17(3)29-21-12-8-10-19-9-6-7-11-20(19)21/h8,10,12-15,17H,4-7,9,11,16H2,1-3H3,(H,25,26)/t17-/m1/s1. The van der Waals surface area contributed by atoms with E-state index in [9.17, 15) is 4.79 Å². The molecule has 2 aromatic rings. The van der Waals surface area contributed by atoms with E-state index in [0.29, 0.717) is 25.5 Å². The van der Waals surface area contributed by atoms with E-state index in [1.54, 1.807) is 6.92 Å². The Morgan fingerprint density at radius 2 is 1.76 bits per heavy atom. The van der Waals surface area contributed by atoms with Gasteiger partial charge in [0, 0.05) is 6.54 Å². The molecule has 1 N–H and O–H groups in total. The van der Waals surface area contributed by atoms with Crippen LogP contribution in [0.3, 0.4) is 0 Å². The normalized spacial score (nSPS) is 13.9. The number of fused-ring (bicyclic) bond motifs is 1. The number of carbonyl (C=O) groups excluding carboxylic acids is 1. The van der Waals surface area contributed by atoms with E-state index >= 15 is 0 Å². The largest absolute Gasteiger partial charge is 0.490 e. The van der Waals surface area contributed by atoms with Crippen molar-refractivity contribution in [3.05, 3.63) is 53.1 Å². The molecule has 0 fully saturated rings. The van der Waals surface area contributed by atoms with Gasteiger partial charge < -0.3 is 19.5 Å². The van der Waals surface area contributed by atoms with Crippen LogP contribution in [0.5, 0.6) is 17.2 Å². The van der Waals surface area contributed by atoms with Gasteiger partial charge in [-0.3, -0.25) is 4.79 Å². The van der Waals surface area contributed by atoms with Crippen LogP contribution in [-0.4, -0.2) is 25.2 Å². The van der Waals surface area contributed by atoms with Gasteiger partial charge in [-0.15, -0.1) is 0 Å². The average molecular weight is 398 g/mol. The molecule has 0 bridgehead atoms. The molecule has 29 heavy (non-hydrogen) atoms. The molecular formula is C24H31NO4. The first kappa shape index (κ1) is 21.0. The summed E-state index contributed by atoms with van der Waals surface area (Å²) in [4.78, 5) is 12.6. The summed E-state index contributed by atoms with van der Waals surface area (Å²) in [6.45, 7) is 7.21. The monoisotopic (exact) mass is 397 g/mol. The first-order valence-electron chi connectivity index (χ1n) is 10.6. The van der Waals surface area contributed by atoms with E-state index in [2.05, 4.69) is 11.4 Å². The minimum atomic E-state index is -0.558. The minimum Gasteiger partial charge on any atom is -0.490 e. The van der Waals surface area contributed by atoms with Crippen molar-refractivity contribution in [2.75, 3.05) is 13.2 Å². The average Bonchev–Trinajstić information content (AvgIpc) is 2.74. The number of aryl methyl sites for hydroxylation is 1. The number of amides is 1. The zero-order valence-electron chi connectivity index (χ0n) is 17.6. The second kappa shape index (κ2) is 10.2. The molecule has 0 saturated heterocycles. The number of nitrogens with one attached hydrogen (secondary N) is 1. The fraction of sp³-hybridized carbons (Fsp3) is 0.458. The summed E-state index contributed by atoms with van der Waals surface area (Å²) in [6.07, 6.45) is 3.95. The molecule has 0 saturated carbocycles. The lowest BCUT2D eigenvalue weighted by Crippen LogP contribution is -2.36. The molecule has 156 valence electrons. The molecule has 2 aromatic carbocycles. The van der Waals surface area contributed by atoms with Gasteiger partial charge in [-0.25, -0.2) is 0 Å². The highest BCUT2D eigenvalue weighted by atomic mass is 16.5. The Labute approximate surface area is 173 Å². The number of hydrogen-bond donors (Lipinski definition) is 1. The molecule has 0 aliphatic heterocycles. The Morgan fingerprint density at radius 3 is 2.55 bits per heavy atom. The van der Waals surface area contributed by atoms with Crippen molar-refractivity contribution >= 4 is 5.91 Å². The smallest absolute Gasteiger partial charge is 0.261 e. The fourth-order valence-electron chi connectivity index (χ4n) is 3.64. The van der Waals surface area contributed by atoms with Gasteiger partial charge in [-0.05, 0) is 81.3 Å². The first-order chi connectivity index (χ1) is 14.1. The highest BCUT2D eigenvalue weighted by Gasteiger charge is 2.19. The predicted octanol–water partition coefficient (Wildman–Crippen LogP) is 4.45. The number of rotatable bonds is 9. The summed E-state index contributed by atoms with van der Waals surface area (Å²) < 4.78 is 17.3. The van der Waals surface area contributed by atoms with Gasteiger partial charge in [-0.1, -0.05) is 18.2 Å². The van der Waals surface area contributed by atoms with Crippen molar-refractivity contribution in [2.45, 2.75) is 59.1 Å². The third-order valence-electron chi connectivity index (χ3n) is 5.10. The molecule has 1 atom stereocenters. The Morgan fingerprint density at radius 1 is 1.00 bits per heavy atom. The van der Waals surface area contributed by atoms with Crippen LogP contribution in [0.1, 0.15) is 50.3 Å². The maximum absolute atomic E-state index is 12.6. The first-order valence-corrected chi connectivity index (χ1v) is 10.6. The van der Waals surface area contributed by atoms with Crippen LogP contribution in [0, 0.1) is 0 Å². The molecule has 1 aliphatic carbocycles. The Kier molecular flexibility index (Phi) is 7.39. The summed E-state index contributed by atoms with van der Waals surface area (Å²) in [6, 6.07) is 11.9. The minimum absolute atomic E-state index is 0.134. The Hall–Kier alpha value is -2.69. The quantitative estimate of drug-likeness (QED) is 0.679. The van der Waals surface area contributed by atoms with Crippen molar-refractivity contribution in [2.24, 2.45) is 0 Å². The van der Waals surface area contributed by atoms with Gasteiger partial charge in [0.25, 0.3) is 5.91 Å². The van der Waals surface area contributed by atoms with Crippen molar-refractivity contribution in [3.8, 4) is 17.2 Å². The highest BCUT2D eigenvalue weighted by molar-refractivity contribution is 5.80. The molecule has 5 heteroatoms. The molecule has 1 amide bonds. The van der Waals surface area contributed by atoms with Crippen molar-refractivity contribution in [1.82, 2.24) is 5.32 Å². The van der Waals surface area contributed by atoms with Gasteiger partial charge in [0.15, 0.2) is 17.6 Å². The summed E-state index contributed by atoms with van der Waals surface area (Å²) in [5, 5.41) is 2.96. The summed E-state index contributed by atoms with van der Waals surface area (Å²) in [5.74, 6) is 2.12. The predicted molar refractivity (Wildman–Crippen MR) is 114 cm³/mol. The lowest BCUT2D eigenvalue weighted by molar-refractivity contribution is -0.127. The van der Waals surface area contributed by atoms with Crippen molar-refractivity contribution < 1.29 is 19.0 Å². The van der Waals surface area contributed by atoms with Crippen LogP contribution in [0.4, 0.5) is 0 Å². The lowest BCUT2D eigenvalue weighted by atomic mass is 9.91. The van der Waals surface area contributed by atoms with E-state index in [4.69, 9.17) is 14.2 Å². The molecule has 0 aromatic heterocycles. The van der Waals surface area contributed by atoms with Crippen LogP contribution < -0.4 is 19.5 Å². The topological polar surface area (TPSA) is 56.8 Å². The van der Waals surface area contributed by atoms with E-state index in [1.165, 1.54) is 24.0 Å². The van der Waals surface area contributed by atoms with E-state index < -0.39 is 6.10 Å². The zero-order chi connectivity index (χ0) is 20.6. The van der Waals surface area contributed by atoms with Gasteiger partial charge >= 0.3 is 0 Å². The summed E-state index contributed by atoms with van der Waals surface area (Å²) >= 11 is 0. The number of ether oxygens (including phenoxy) is 3. The van der Waals surface area contributed by atoms with Gasteiger partial charge in [0.05, 0.1) is 13.2 Å². The number of hydrogen-bond acceptors (Lipinski definition) is 4. The lowest BCUT2D eigenvalue weighted by Gasteiger charge is -2.22. The highest BCUT2D eigenvalue weighted by Crippen LogP contribution is 2.30. The molecule has 5 nitrogen and oxygen atoms in total. The van der Waals surface area contributed by atoms with Gasteiger partial charge in [0.2, 0.25) is 0 Å².